The van der Waals surface area contributed by atoms with E-state index in [-0.39, 0.29) is 11.4 Å². The molecule has 3 nitrogen and oxygen atoms in total. The summed E-state index contributed by atoms with van der Waals surface area (Å²) >= 11 is 0. The average Bonchev–Trinajstić information content (AvgIpc) is 2.27. The van der Waals surface area contributed by atoms with Gasteiger partial charge in [0.05, 0.1) is 0 Å². The van der Waals surface area contributed by atoms with Gasteiger partial charge in [-0.05, 0) is 39.7 Å². The Morgan fingerprint density at radius 1 is 1.21 bits per heavy atom. The van der Waals surface area contributed by atoms with E-state index in [1.165, 1.54) is 11.1 Å². The summed E-state index contributed by atoms with van der Waals surface area (Å²) in [5.41, 5.74) is 2.60. The molecule has 3 heteroatoms. The molecule has 0 aromatic heterocycles. The second kappa shape index (κ2) is 7.29. The maximum Gasteiger partial charge on any atom is 0.221 e. The van der Waals surface area contributed by atoms with Crippen LogP contribution in [0.4, 0.5) is 0 Å². The van der Waals surface area contributed by atoms with E-state index in [4.69, 9.17) is 0 Å². The third-order valence-electron chi connectivity index (χ3n) is 2.83. The van der Waals surface area contributed by atoms with Gasteiger partial charge in [-0.15, -0.1) is 0 Å². The molecule has 0 fully saturated rings. The van der Waals surface area contributed by atoms with Gasteiger partial charge in [0.1, 0.15) is 0 Å². The summed E-state index contributed by atoms with van der Waals surface area (Å²) in [6.07, 6.45) is 1.42. The van der Waals surface area contributed by atoms with E-state index in [1.54, 1.807) is 0 Å². The number of hydrogen-bond donors (Lipinski definition) is 2. The Bertz CT molecular complexity index is 407. The van der Waals surface area contributed by atoms with Crippen LogP contribution >= 0.6 is 0 Å². The van der Waals surface area contributed by atoms with E-state index in [0.717, 1.165) is 13.0 Å². The molecule has 0 atom stereocenters. The highest BCUT2D eigenvalue weighted by Gasteiger charge is 2.09. The first-order valence-corrected chi connectivity index (χ1v) is 6.94. The Kier molecular flexibility index (Phi) is 6.03. The lowest BCUT2D eigenvalue weighted by Crippen LogP contribution is -2.38. The molecule has 0 bridgehead atoms. The van der Waals surface area contributed by atoms with Gasteiger partial charge in [-0.25, -0.2) is 0 Å². The Morgan fingerprint density at radius 2 is 1.95 bits per heavy atom. The predicted octanol–water partition coefficient (Wildman–Crippen LogP) is 2.43. The number of hydrogen-bond acceptors (Lipinski definition) is 2. The van der Waals surface area contributed by atoms with Gasteiger partial charge in [-0.3, -0.25) is 4.79 Å². The molecule has 0 saturated carbocycles. The molecule has 1 amide bonds. The van der Waals surface area contributed by atoms with Crippen molar-refractivity contribution < 1.29 is 4.79 Å². The lowest BCUT2D eigenvalue weighted by Gasteiger charge is -2.20. The molecule has 0 spiro atoms. The highest BCUT2D eigenvalue weighted by atomic mass is 16.1. The Balaban J connectivity index is 2.17. The van der Waals surface area contributed by atoms with E-state index in [9.17, 15) is 4.79 Å². The molecule has 0 heterocycles. The molecule has 0 radical (unpaired) electrons. The van der Waals surface area contributed by atoms with Crippen LogP contribution in [0, 0.1) is 6.92 Å². The fraction of sp³-hybridized carbons (Fsp3) is 0.562. The van der Waals surface area contributed by atoms with Crippen LogP contribution in [0.1, 0.15) is 38.3 Å². The Morgan fingerprint density at radius 3 is 2.58 bits per heavy atom. The average molecular weight is 262 g/mol. The fourth-order valence-corrected chi connectivity index (χ4v) is 1.85. The summed E-state index contributed by atoms with van der Waals surface area (Å²) in [6.45, 7) is 9.81. The van der Waals surface area contributed by atoms with Gasteiger partial charge >= 0.3 is 0 Å². The van der Waals surface area contributed by atoms with Crippen molar-refractivity contribution in [1.82, 2.24) is 10.6 Å². The second-order valence-electron chi connectivity index (χ2n) is 6.02. The summed E-state index contributed by atoms with van der Waals surface area (Å²) in [5, 5.41) is 6.27. The first kappa shape index (κ1) is 15.7. The molecule has 0 saturated heterocycles. The Labute approximate surface area is 116 Å². The molecular formula is C16H26N2O. The molecule has 0 aliphatic heterocycles. The highest BCUT2D eigenvalue weighted by molar-refractivity contribution is 5.76. The van der Waals surface area contributed by atoms with E-state index >= 15 is 0 Å². The van der Waals surface area contributed by atoms with Crippen molar-refractivity contribution >= 4 is 5.91 Å². The van der Waals surface area contributed by atoms with Crippen LogP contribution in [-0.4, -0.2) is 24.5 Å². The molecule has 106 valence electrons. The summed E-state index contributed by atoms with van der Waals surface area (Å²) in [6, 6.07) is 8.40. The maximum atomic E-state index is 11.6. The van der Waals surface area contributed by atoms with E-state index in [0.29, 0.717) is 13.0 Å². The molecule has 1 aromatic carbocycles. The molecule has 0 unspecified atom stereocenters. The molecule has 2 N–H and O–H groups in total. The number of carbonyl (C=O) groups is 1. The number of aryl methyl sites for hydroxylation is 1. The van der Waals surface area contributed by atoms with Crippen LogP contribution < -0.4 is 10.6 Å². The molecule has 1 aromatic rings. The van der Waals surface area contributed by atoms with Crippen LogP contribution in [0.2, 0.25) is 0 Å². The van der Waals surface area contributed by atoms with E-state index < -0.39 is 0 Å². The van der Waals surface area contributed by atoms with Crippen LogP contribution in [0.25, 0.3) is 0 Å². The van der Waals surface area contributed by atoms with Crippen LogP contribution in [-0.2, 0) is 11.2 Å². The zero-order chi connectivity index (χ0) is 14.3. The van der Waals surface area contributed by atoms with Crippen molar-refractivity contribution in [2.75, 3.05) is 13.1 Å². The SMILES string of the molecule is Cc1cccc(CCNC(=O)CCNC(C)(C)C)c1. The monoisotopic (exact) mass is 262 g/mol. The minimum absolute atomic E-state index is 0.0713. The third-order valence-corrected chi connectivity index (χ3v) is 2.83. The molecular weight excluding hydrogens is 236 g/mol. The normalized spacial score (nSPS) is 11.4. The first-order valence-electron chi connectivity index (χ1n) is 6.94. The van der Waals surface area contributed by atoms with Crippen molar-refractivity contribution in [1.29, 1.82) is 0 Å². The van der Waals surface area contributed by atoms with Crippen LogP contribution in [0.15, 0.2) is 24.3 Å². The van der Waals surface area contributed by atoms with Crippen molar-refractivity contribution in [2.24, 2.45) is 0 Å². The number of amides is 1. The summed E-state index contributed by atoms with van der Waals surface area (Å²) in [5.74, 6) is 0.115. The standard InChI is InChI=1S/C16H26N2O/c1-13-6-5-7-14(12-13)8-10-17-15(19)9-11-18-16(2,3)4/h5-7,12,18H,8-11H2,1-4H3,(H,17,19). The number of benzene rings is 1. The highest BCUT2D eigenvalue weighted by Crippen LogP contribution is 2.04. The summed E-state index contributed by atoms with van der Waals surface area (Å²) < 4.78 is 0. The van der Waals surface area contributed by atoms with Crippen LogP contribution in [0.3, 0.4) is 0 Å². The minimum Gasteiger partial charge on any atom is -0.356 e. The first-order chi connectivity index (χ1) is 8.87. The number of rotatable bonds is 6. The van der Waals surface area contributed by atoms with Gasteiger partial charge in [0.15, 0.2) is 0 Å². The van der Waals surface area contributed by atoms with Crippen molar-refractivity contribution in [3.8, 4) is 0 Å². The molecule has 1 rings (SSSR count). The zero-order valence-electron chi connectivity index (χ0n) is 12.5. The smallest absolute Gasteiger partial charge is 0.221 e. The minimum atomic E-state index is 0.0713. The van der Waals surface area contributed by atoms with Gasteiger partial charge in [-0.2, -0.15) is 0 Å². The molecule has 19 heavy (non-hydrogen) atoms. The number of carbonyl (C=O) groups excluding carboxylic acids is 1. The van der Waals surface area contributed by atoms with Gasteiger partial charge in [0.2, 0.25) is 5.91 Å². The summed E-state index contributed by atoms with van der Waals surface area (Å²) in [7, 11) is 0. The second-order valence-corrected chi connectivity index (χ2v) is 6.02. The molecule has 0 aliphatic rings. The van der Waals surface area contributed by atoms with E-state index in [1.807, 2.05) is 0 Å². The lowest BCUT2D eigenvalue weighted by molar-refractivity contribution is -0.121. The van der Waals surface area contributed by atoms with Gasteiger partial charge in [0.25, 0.3) is 0 Å². The topological polar surface area (TPSA) is 41.1 Å². The third kappa shape index (κ3) is 7.62. The maximum absolute atomic E-state index is 11.6. The largest absolute Gasteiger partial charge is 0.356 e. The predicted molar refractivity (Wildman–Crippen MR) is 80.3 cm³/mol. The van der Waals surface area contributed by atoms with Crippen LogP contribution in [0.5, 0.6) is 0 Å². The Hall–Kier alpha value is -1.35. The lowest BCUT2D eigenvalue weighted by atomic mass is 10.1. The van der Waals surface area contributed by atoms with Gasteiger partial charge in [-0.1, -0.05) is 29.8 Å². The molecule has 0 aliphatic carbocycles. The van der Waals surface area contributed by atoms with Gasteiger partial charge < -0.3 is 10.6 Å². The van der Waals surface area contributed by atoms with Crippen molar-refractivity contribution in [3.63, 3.8) is 0 Å². The summed E-state index contributed by atoms with van der Waals surface area (Å²) in [4.78, 5) is 11.6. The quantitative estimate of drug-likeness (QED) is 0.826. The zero-order valence-corrected chi connectivity index (χ0v) is 12.5. The fourth-order valence-electron chi connectivity index (χ4n) is 1.85. The van der Waals surface area contributed by atoms with E-state index in [2.05, 4.69) is 62.6 Å². The van der Waals surface area contributed by atoms with Gasteiger partial charge in [0, 0.05) is 25.0 Å². The number of nitrogens with one attached hydrogen (secondary N) is 2. The van der Waals surface area contributed by atoms with Crippen molar-refractivity contribution in [3.05, 3.63) is 35.4 Å². The van der Waals surface area contributed by atoms with Crippen molar-refractivity contribution in [2.45, 2.75) is 46.1 Å².